The van der Waals surface area contributed by atoms with Crippen LogP contribution in [0.4, 0.5) is 13.2 Å². The molecule has 0 unspecified atom stereocenters. The van der Waals surface area contributed by atoms with E-state index in [2.05, 4.69) is 15.0 Å². The molecule has 0 aliphatic carbocycles. The van der Waals surface area contributed by atoms with Crippen molar-refractivity contribution in [2.45, 2.75) is 34.1 Å². The molecule has 2 aliphatic heterocycles. The highest BCUT2D eigenvalue weighted by molar-refractivity contribution is 7.18. The molecule has 5 heterocycles. The van der Waals surface area contributed by atoms with Crippen LogP contribution in [-0.2, 0) is 6.42 Å². The molecule has 0 spiro atoms. The van der Waals surface area contributed by atoms with Crippen molar-refractivity contribution in [3.63, 3.8) is 0 Å². The molecule has 1 aromatic carbocycles. The standard InChI is InChI=1S/C9H8FNS.C8H8FNO2.C8H8FNO/c1-5-3-8-9(4-7(5)10)12-6(2)11-8;1-5-6(9)4-7-8(10-5)12-3-2-11-7;1-5-7(9)4-6-2-3-11-8(6)10-5/h3-4H,1-2H3;4H,2-3H2,1H3;4H,2-3H2,1H3. The van der Waals surface area contributed by atoms with Crippen LogP contribution in [0.15, 0.2) is 24.3 Å². The Labute approximate surface area is 204 Å². The van der Waals surface area contributed by atoms with E-state index in [-0.39, 0.29) is 17.5 Å². The van der Waals surface area contributed by atoms with Gasteiger partial charge in [-0.3, -0.25) is 0 Å². The summed E-state index contributed by atoms with van der Waals surface area (Å²) in [7, 11) is 0. The van der Waals surface area contributed by atoms with Crippen molar-refractivity contribution in [2.75, 3.05) is 19.8 Å². The molecule has 10 heteroatoms. The number of rotatable bonds is 0. The van der Waals surface area contributed by atoms with Gasteiger partial charge in [-0.05, 0) is 51.5 Å². The molecule has 0 amide bonds. The molecular formula is C25H24F3N3O3S. The summed E-state index contributed by atoms with van der Waals surface area (Å²) in [5.74, 6) is 0.632. The summed E-state index contributed by atoms with van der Waals surface area (Å²) in [6, 6.07) is 6.14. The smallest absolute Gasteiger partial charge is 0.257 e. The molecule has 0 saturated heterocycles. The number of pyridine rings is 2. The van der Waals surface area contributed by atoms with Gasteiger partial charge in [-0.25, -0.2) is 28.1 Å². The van der Waals surface area contributed by atoms with Crippen LogP contribution in [0.2, 0.25) is 0 Å². The lowest BCUT2D eigenvalue weighted by Crippen LogP contribution is -2.17. The van der Waals surface area contributed by atoms with E-state index in [1.54, 1.807) is 32.9 Å². The van der Waals surface area contributed by atoms with Crippen LogP contribution in [0.25, 0.3) is 10.2 Å². The highest BCUT2D eigenvalue weighted by Gasteiger charge is 2.16. The third-order valence-corrected chi connectivity index (χ3v) is 6.17. The number of benzene rings is 1. The van der Waals surface area contributed by atoms with Crippen molar-refractivity contribution in [3.8, 4) is 17.5 Å². The Bertz CT molecular complexity index is 1280. The Balaban J connectivity index is 0.000000124. The lowest BCUT2D eigenvalue weighted by atomic mass is 10.2. The number of halogens is 3. The number of nitrogens with zero attached hydrogens (tertiary/aromatic N) is 3. The molecule has 6 rings (SSSR count). The molecule has 0 atom stereocenters. The van der Waals surface area contributed by atoms with Crippen LogP contribution >= 0.6 is 11.3 Å². The van der Waals surface area contributed by atoms with Gasteiger partial charge in [0.15, 0.2) is 5.75 Å². The van der Waals surface area contributed by atoms with Gasteiger partial charge in [-0.2, -0.15) is 0 Å². The van der Waals surface area contributed by atoms with Crippen LogP contribution in [0.5, 0.6) is 17.5 Å². The second-order valence-electron chi connectivity index (χ2n) is 7.98. The molecule has 0 bridgehead atoms. The van der Waals surface area contributed by atoms with Gasteiger partial charge in [0.25, 0.3) is 5.88 Å². The third-order valence-electron chi connectivity index (χ3n) is 5.24. The largest absolute Gasteiger partial charge is 0.484 e. The van der Waals surface area contributed by atoms with Crippen LogP contribution in [-0.4, -0.2) is 34.8 Å². The van der Waals surface area contributed by atoms with E-state index in [9.17, 15) is 13.2 Å². The van der Waals surface area contributed by atoms with E-state index < -0.39 is 0 Å². The van der Waals surface area contributed by atoms with Crippen molar-refractivity contribution in [1.82, 2.24) is 15.0 Å². The van der Waals surface area contributed by atoms with E-state index in [4.69, 9.17) is 14.2 Å². The Hall–Kier alpha value is -3.40. The number of hydrogen-bond acceptors (Lipinski definition) is 7. The molecule has 0 fully saturated rings. The normalized spacial score (nSPS) is 13.2. The minimum atomic E-state index is -0.362. The maximum atomic E-state index is 13.0. The first-order chi connectivity index (χ1) is 16.7. The highest BCUT2D eigenvalue weighted by Crippen LogP contribution is 2.29. The molecule has 0 radical (unpaired) electrons. The molecule has 0 N–H and O–H groups in total. The molecule has 4 aromatic rings. The summed E-state index contributed by atoms with van der Waals surface area (Å²) in [4.78, 5) is 12.1. The van der Waals surface area contributed by atoms with Gasteiger partial charge in [-0.15, -0.1) is 11.3 Å². The molecule has 3 aromatic heterocycles. The second kappa shape index (κ2) is 10.5. The Morgan fingerprint density at radius 3 is 2.14 bits per heavy atom. The van der Waals surface area contributed by atoms with Crippen LogP contribution in [0.3, 0.4) is 0 Å². The summed E-state index contributed by atoms with van der Waals surface area (Å²) in [6.45, 7) is 8.47. The van der Waals surface area contributed by atoms with Gasteiger partial charge in [0, 0.05) is 18.1 Å². The summed E-state index contributed by atoms with van der Waals surface area (Å²) in [5.41, 5.74) is 3.18. The molecule has 184 valence electrons. The van der Waals surface area contributed by atoms with E-state index in [0.717, 1.165) is 27.2 Å². The quantitative estimate of drug-likeness (QED) is 0.301. The van der Waals surface area contributed by atoms with Crippen LogP contribution < -0.4 is 14.2 Å². The molecule has 35 heavy (non-hydrogen) atoms. The third kappa shape index (κ3) is 5.82. The van der Waals surface area contributed by atoms with Gasteiger partial charge < -0.3 is 14.2 Å². The first-order valence-electron chi connectivity index (χ1n) is 11.0. The Morgan fingerprint density at radius 1 is 0.714 bits per heavy atom. The van der Waals surface area contributed by atoms with Crippen molar-refractivity contribution in [2.24, 2.45) is 0 Å². The predicted molar refractivity (Wildman–Crippen MR) is 127 cm³/mol. The first-order valence-corrected chi connectivity index (χ1v) is 11.8. The summed E-state index contributed by atoms with van der Waals surface area (Å²) in [6.07, 6.45) is 0.777. The number of fused-ring (bicyclic) bond motifs is 3. The van der Waals surface area contributed by atoms with E-state index in [0.29, 0.717) is 54.3 Å². The monoisotopic (exact) mass is 503 g/mol. The SMILES string of the molecule is Cc1nc2c(cc1F)CCO2.Cc1nc2c(cc1F)OCCO2.Cc1nc2cc(C)c(F)cc2s1. The van der Waals surface area contributed by atoms with Crippen molar-refractivity contribution >= 4 is 21.6 Å². The second-order valence-corrected chi connectivity index (χ2v) is 9.21. The maximum absolute atomic E-state index is 13.0. The zero-order valence-electron chi connectivity index (χ0n) is 19.7. The maximum Gasteiger partial charge on any atom is 0.257 e. The predicted octanol–water partition coefficient (Wildman–Crippen LogP) is 5.82. The number of ether oxygens (including phenoxy) is 3. The molecule has 6 nitrogen and oxygen atoms in total. The van der Waals surface area contributed by atoms with Gasteiger partial charge in [0.1, 0.15) is 30.7 Å². The topological polar surface area (TPSA) is 66.4 Å². The number of thiazole rings is 1. The van der Waals surface area contributed by atoms with Gasteiger partial charge in [0.05, 0.1) is 33.2 Å². The molecule has 2 aliphatic rings. The van der Waals surface area contributed by atoms with Crippen molar-refractivity contribution < 1.29 is 27.4 Å². The number of aryl methyl sites for hydroxylation is 4. The fourth-order valence-corrected chi connectivity index (χ4v) is 4.20. The zero-order chi connectivity index (χ0) is 25.1. The average Bonchev–Trinajstić information content (AvgIpc) is 3.41. The first kappa shape index (κ1) is 24.7. The lowest BCUT2D eigenvalue weighted by Gasteiger charge is -2.17. The minimum Gasteiger partial charge on any atom is -0.484 e. The molecule has 0 saturated carbocycles. The highest BCUT2D eigenvalue weighted by atomic mass is 32.1. The Kier molecular flexibility index (Phi) is 7.39. The number of aromatic nitrogens is 3. The fraction of sp³-hybridized carbons (Fsp3) is 0.320. The van der Waals surface area contributed by atoms with Crippen molar-refractivity contribution in [1.29, 1.82) is 0 Å². The van der Waals surface area contributed by atoms with Crippen LogP contribution in [0.1, 0.15) is 27.5 Å². The van der Waals surface area contributed by atoms with Gasteiger partial charge >= 0.3 is 0 Å². The van der Waals surface area contributed by atoms with Gasteiger partial charge in [-0.1, -0.05) is 0 Å². The van der Waals surface area contributed by atoms with E-state index >= 15 is 0 Å². The average molecular weight is 504 g/mol. The van der Waals surface area contributed by atoms with E-state index in [1.807, 2.05) is 6.92 Å². The van der Waals surface area contributed by atoms with Crippen molar-refractivity contribution in [3.05, 3.63) is 69.2 Å². The zero-order valence-corrected chi connectivity index (χ0v) is 20.6. The minimum absolute atomic E-state index is 0.147. The van der Waals surface area contributed by atoms with Gasteiger partial charge in [0.2, 0.25) is 5.88 Å². The fourth-order valence-electron chi connectivity index (χ4n) is 3.37. The summed E-state index contributed by atoms with van der Waals surface area (Å²) < 4.78 is 55.2. The van der Waals surface area contributed by atoms with Crippen LogP contribution in [0, 0.1) is 45.1 Å². The summed E-state index contributed by atoms with van der Waals surface area (Å²) >= 11 is 1.52. The van der Waals surface area contributed by atoms with E-state index in [1.165, 1.54) is 23.5 Å². The summed E-state index contributed by atoms with van der Waals surface area (Å²) in [5, 5.41) is 0.981. The Morgan fingerprint density at radius 2 is 1.37 bits per heavy atom. The number of hydrogen-bond donors (Lipinski definition) is 0. The molecular weight excluding hydrogens is 479 g/mol. The lowest BCUT2D eigenvalue weighted by molar-refractivity contribution is 0.163.